The zero-order chi connectivity index (χ0) is 15.8. The molecule has 0 aliphatic heterocycles. The molecule has 0 spiro atoms. The Labute approximate surface area is 123 Å². The number of benzene rings is 1. The van der Waals surface area contributed by atoms with E-state index in [1.807, 2.05) is 13.8 Å². The molecular formula is C13H19N3O4S. The summed E-state index contributed by atoms with van der Waals surface area (Å²) in [5.74, 6) is 0.146. The number of nitro benzene ring substituents is 1. The van der Waals surface area contributed by atoms with Crippen molar-refractivity contribution in [3.8, 4) is 0 Å². The minimum Gasteiger partial charge on any atom is -0.399 e. The van der Waals surface area contributed by atoms with Gasteiger partial charge in [0.25, 0.3) is 5.69 Å². The number of nitrogens with zero attached hydrogens (tertiary/aromatic N) is 2. The fourth-order valence-electron chi connectivity index (χ4n) is 2.19. The summed E-state index contributed by atoms with van der Waals surface area (Å²) in [6, 6.07) is 3.64. The monoisotopic (exact) mass is 313 g/mol. The number of sulfonamides is 1. The number of nitrogen functional groups attached to an aromatic ring is 1. The van der Waals surface area contributed by atoms with E-state index in [1.165, 1.54) is 16.4 Å². The summed E-state index contributed by atoms with van der Waals surface area (Å²) in [7, 11) is -3.89. The molecule has 2 rings (SSSR count). The first-order valence-corrected chi connectivity index (χ1v) is 8.23. The van der Waals surface area contributed by atoms with Gasteiger partial charge in [-0.15, -0.1) is 0 Å². The summed E-state index contributed by atoms with van der Waals surface area (Å²) in [5.41, 5.74) is 5.23. The molecule has 8 heteroatoms. The molecule has 1 saturated carbocycles. The minimum atomic E-state index is -3.89. The molecule has 0 unspecified atom stereocenters. The van der Waals surface area contributed by atoms with Crippen LogP contribution in [0.4, 0.5) is 11.4 Å². The average molecular weight is 313 g/mol. The topological polar surface area (TPSA) is 107 Å². The molecule has 0 aromatic heterocycles. The predicted molar refractivity (Wildman–Crippen MR) is 79.3 cm³/mol. The maximum atomic E-state index is 12.8. The van der Waals surface area contributed by atoms with Gasteiger partial charge in [0.15, 0.2) is 4.90 Å². The molecule has 0 radical (unpaired) electrons. The maximum absolute atomic E-state index is 12.8. The number of hydrogen-bond donors (Lipinski definition) is 1. The quantitative estimate of drug-likeness (QED) is 0.491. The molecule has 1 fully saturated rings. The van der Waals surface area contributed by atoms with Crippen LogP contribution in [0.15, 0.2) is 23.1 Å². The predicted octanol–water partition coefficient (Wildman–Crippen LogP) is 1.99. The second kappa shape index (κ2) is 5.61. The van der Waals surface area contributed by atoms with Crippen LogP contribution in [0.5, 0.6) is 0 Å². The molecule has 7 nitrogen and oxygen atoms in total. The minimum absolute atomic E-state index is 0.0467. The second-order valence-corrected chi connectivity index (χ2v) is 7.54. The zero-order valence-electron chi connectivity index (χ0n) is 12.0. The molecule has 0 bridgehead atoms. The van der Waals surface area contributed by atoms with Crippen molar-refractivity contribution in [2.75, 3.05) is 12.3 Å². The van der Waals surface area contributed by atoms with Crippen molar-refractivity contribution in [2.45, 2.75) is 37.6 Å². The Morgan fingerprint density at radius 2 is 2.05 bits per heavy atom. The number of hydrogen-bond acceptors (Lipinski definition) is 5. The van der Waals surface area contributed by atoms with E-state index in [2.05, 4.69) is 0 Å². The highest BCUT2D eigenvalue weighted by atomic mass is 32.2. The fraction of sp³-hybridized carbons (Fsp3) is 0.538. The van der Waals surface area contributed by atoms with Crippen LogP contribution < -0.4 is 5.73 Å². The lowest BCUT2D eigenvalue weighted by molar-refractivity contribution is -0.387. The normalized spacial score (nSPS) is 15.6. The highest BCUT2D eigenvalue weighted by Crippen LogP contribution is 2.36. The molecule has 116 valence electrons. The molecule has 1 aliphatic rings. The zero-order valence-corrected chi connectivity index (χ0v) is 12.8. The van der Waals surface area contributed by atoms with E-state index in [-0.39, 0.29) is 22.5 Å². The van der Waals surface area contributed by atoms with Gasteiger partial charge in [0.1, 0.15) is 0 Å². The molecule has 0 amide bonds. The standard InChI is InChI=1S/C13H19N3O4S/c1-9(2)8-15(11-4-5-11)21(19,20)13-6-3-10(14)7-12(13)16(17)18/h3,6-7,9,11H,4-5,8,14H2,1-2H3. The van der Waals surface area contributed by atoms with E-state index in [4.69, 9.17) is 5.73 Å². The molecule has 0 saturated heterocycles. The third-order valence-electron chi connectivity index (χ3n) is 3.27. The summed E-state index contributed by atoms with van der Waals surface area (Å²) < 4.78 is 26.9. The molecule has 1 aromatic carbocycles. The lowest BCUT2D eigenvalue weighted by Crippen LogP contribution is -2.36. The van der Waals surface area contributed by atoms with Gasteiger partial charge in [-0.1, -0.05) is 13.8 Å². The van der Waals surface area contributed by atoms with Gasteiger partial charge < -0.3 is 5.73 Å². The Bertz CT molecular complexity index is 653. The van der Waals surface area contributed by atoms with Gasteiger partial charge in [0.05, 0.1) is 4.92 Å². The van der Waals surface area contributed by atoms with E-state index in [0.29, 0.717) is 6.54 Å². The van der Waals surface area contributed by atoms with Crippen molar-refractivity contribution in [1.29, 1.82) is 0 Å². The lowest BCUT2D eigenvalue weighted by Gasteiger charge is -2.23. The molecule has 1 aliphatic carbocycles. The lowest BCUT2D eigenvalue weighted by atomic mass is 10.2. The highest BCUT2D eigenvalue weighted by molar-refractivity contribution is 7.89. The summed E-state index contributed by atoms with van der Waals surface area (Å²) in [4.78, 5) is 10.1. The fourth-order valence-corrected chi connectivity index (χ4v) is 4.18. The van der Waals surface area contributed by atoms with E-state index in [1.54, 1.807) is 0 Å². The Hall–Kier alpha value is -1.67. The van der Waals surface area contributed by atoms with Crippen LogP contribution in [0.2, 0.25) is 0 Å². The highest BCUT2D eigenvalue weighted by Gasteiger charge is 2.40. The van der Waals surface area contributed by atoms with Gasteiger partial charge in [0, 0.05) is 24.3 Å². The number of nitrogens with two attached hydrogens (primary N) is 1. The molecule has 1 aromatic rings. The van der Waals surface area contributed by atoms with Crippen molar-refractivity contribution in [3.63, 3.8) is 0 Å². The first-order chi connectivity index (χ1) is 9.73. The van der Waals surface area contributed by atoms with Crippen molar-refractivity contribution in [3.05, 3.63) is 28.3 Å². The Morgan fingerprint density at radius 3 is 2.52 bits per heavy atom. The van der Waals surface area contributed by atoms with Crippen molar-refractivity contribution >= 4 is 21.4 Å². The SMILES string of the molecule is CC(C)CN(C1CC1)S(=O)(=O)c1ccc(N)cc1[N+](=O)[O-]. The number of nitro groups is 1. The number of anilines is 1. The second-order valence-electron chi connectivity index (χ2n) is 5.68. The Morgan fingerprint density at radius 1 is 1.43 bits per heavy atom. The van der Waals surface area contributed by atoms with Crippen LogP contribution in [-0.2, 0) is 10.0 Å². The van der Waals surface area contributed by atoms with Crippen LogP contribution in [0, 0.1) is 16.0 Å². The smallest absolute Gasteiger partial charge is 0.291 e. The van der Waals surface area contributed by atoms with E-state index in [9.17, 15) is 18.5 Å². The largest absolute Gasteiger partial charge is 0.399 e. The van der Waals surface area contributed by atoms with Gasteiger partial charge in [0.2, 0.25) is 10.0 Å². The molecule has 0 heterocycles. The van der Waals surface area contributed by atoms with E-state index >= 15 is 0 Å². The van der Waals surface area contributed by atoms with Crippen molar-refractivity contribution in [2.24, 2.45) is 5.92 Å². The first-order valence-electron chi connectivity index (χ1n) is 6.79. The average Bonchev–Trinajstić information content (AvgIpc) is 3.19. The van der Waals surface area contributed by atoms with Crippen molar-refractivity contribution < 1.29 is 13.3 Å². The summed E-state index contributed by atoms with van der Waals surface area (Å²) in [5, 5.41) is 11.1. The summed E-state index contributed by atoms with van der Waals surface area (Å²) >= 11 is 0. The molecular weight excluding hydrogens is 294 g/mol. The van der Waals surface area contributed by atoms with E-state index < -0.39 is 20.6 Å². The third-order valence-corrected chi connectivity index (χ3v) is 5.23. The van der Waals surface area contributed by atoms with Crippen LogP contribution in [-0.4, -0.2) is 30.2 Å². The van der Waals surface area contributed by atoms with Gasteiger partial charge in [-0.05, 0) is 30.9 Å². The Balaban J connectivity index is 2.49. The maximum Gasteiger partial charge on any atom is 0.291 e. The van der Waals surface area contributed by atoms with E-state index in [0.717, 1.165) is 18.9 Å². The van der Waals surface area contributed by atoms with Gasteiger partial charge in [-0.2, -0.15) is 4.31 Å². The molecule has 21 heavy (non-hydrogen) atoms. The van der Waals surface area contributed by atoms with Crippen LogP contribution in [0.25, 0.3) is 0 Å². The summed E-state index contributed by atoms with van der Waals surface area (Å²) in [6.45, 7) is 4.19. The van der Waals surface area contributed by atoms with Crippen molar-refractivity contribution in [1.82, 2.24) is 4.31 Å². The molecule has 2 N–H and O–H groups in total. The van der Waals surface area contributed by atoms with Gasteiger partial charge >= 0.3 is 0 Å². The van der Waals surface area contributed by atoms with Crippen LogP contribution >= 0.6 is 0 Å². The van der Waals surface area contributed by atoms with Gasteiger partial charge in [-0.3, -0.25) is 10.1 Å². The number of rotatable bonds is 6. The third kappa shape index (κ3) is 3.33. The van der Waals surface area contributed by atoms with Gasteiger partial charge in [-0.25, -0.2) is 8.42 Å². The molecule has 0 atom stereocenters. The summed E-state index contributed by atoms with van der Waals surface area (Å²) in [6.07, 6.45) is 1.60. The van der Waals surface area contributed by atoms with Crippen LogP contribution in [0.3, 0.4) is 0 Å². The first kappa shape index (κ1) is 15.7. The Kier molecular flexibility index (Phi) is 4.20. The van der Waals surface area contributed by atoms with Crippen LogP contribution in [0.1, 0.15) is 26.7 Å².